The molecule has 4 heteroatoms. The molecule has 2 aliphatic heterocycles. The minimum atomic E-state index is 0.611. The number of ether oxygens (including phenoxy) is 1. The average molecular weight is 200 g/mol. The Morgan fingerprint density at radius 2 is 2.23 bits per heavy atom. The van der Waals surface area contributed by atoms with Crippen molar-refractivity contribution in [2.45, 2.75) is 25.3 Å². The maximum Gasteiger partial charge on any atom is 0.0538 e. The zero-order valence-electron chi connectivity index (χ0n) is 7.79. The molecule has 2 heterocycles. The highest BCUT2D eigenvalue weighted by Crippen LogP contribution is 2.17. The molecule has 1 atom stereocenters. The summed E-state index contributed by atoms with van der Waals surface area (Å²) < 4.78 is 5.26. The third-order valence-corrected chi connectivity index (χ3v) is 3.57. The van der Waals surface area contributed by atoms with Crippen molar-refractivity contribution in [2.75, 3.05) is 24.7 Å². The first-order chi connectivity index (χ1) is 6.45. The van der Waals surface area contributed by atoms with Crippen LogP contribution in [0.1, 0.15) is 19.3 Å². The van der Waals surface area contributed by atoms with Crippen LogP contribution in [0, 0.1) is 0 Å². The van der Waals surface area contributed by atoms with Crippen LogP contribution in [-0.2, 0) is 4.74 Å². The van der Waals surface area contributed by atoms with Gasteiger partial charge in [-0.2, -0.15) is 16.9 Å². The number of hydrogen-bond acceptors (Lipinski definition) is 4. The van der Waals surface area contributed by atoms with E-state index in [1.54, 1.807) is 0 Å². The molecule has 1 N–H and O–H groups in total. The first-order valence-corrected chi connectivity index (χ1v) is 6.07. The van der Waals surface area contributed by atoms with E-state index in [0.29, 0.717) is 6.04 Å². The topological polar surface area (TPSA) is 33.6 Å². The molecule has 1 unspecified atom stereocenters. The Bertz CT molecular complexity index is 182. The average Bonchev–Trinajstić information content (AvgIpc) is 2.69. The summed E-state index contributed by atoms with van der Waals surface area (Å²) in [7, 11) is 0. The first-order valence-electron chi connectivity index (χ1n) is 4.91. The van der Waals surface area contributed by atoms with E-state index in [2.05, 4.69) is 10.5 Å². The zero-order valence-corrected chi connectivity index (χ0v) is 8.61. The molecule has 74 valence electrons. The lowest BCUT2D eigenvalue weighted by Gasteiger charge is -2.15. The van der Waals surface area contributed by atoms with Crippen LogP contribution in [0.3, 0.4) is 0 Å². The van der Waals surface area contributed by atoms with Gasteiger partial charge in [-0.3, -0.25) is 0 Å². The fourth-order valence-electron chi connectivity index (χ4n) is 1.54. The zero-order chi connectivity index (χ0) is 8.93. The Kier molecular flexibility index (Phi) is 3.49. The third kappa shape index (κ3) is 2.88. The monoisotopic (exact) mass is 200 g/mol. The standard InChI is InChI=1S/C9H16N2OS/c1-4-12-5-2-8(1)10-11-9-3-6-13-7-9/h9,11H,1-7H2. The molecule has 2 aliphatic rings. The highest BCUT2D eigenvalue weighted by atomic mass is 32.2. The van der Waals surface area contributed by atoms with Crippen molar-refractivity contribution in [3.8, 4) is 0 Å². The summed E-state index contributed by atoms with van der Waals surface area (Å²) in [5.74, 6) is 2.50. The second-order valence-electron chi connectivity index (χ2n) is 3.48. The predicted octanol–water partition coefficient (Wildman–Crippen LogP) is 1.25. The molecule has 3 nitrogen and oxygen atoms in total. The van der Waals surface area contributed by atoms with Crippen LogP contribution in [0.5, 0.6) is 0 Å². The van der Waals surface area contributed by atoms with E-state index in [4.69, 9.17) is 4.74 Å². The lowest BCUT2D eigenvalue weighted by Crippen LogP contribution is -2.26. The molecule has 0 spiro atoms. The molecule has 0 aromatic carbocycles. The van der Waals surface area contributed by atoms with Crippen molar-refractivity contribution < 1.29 is 4.74 Å². The number of nitrogens with zero attached hydrogens (tertiary/aromatic N) is 1. The van der Waals surface area contributed by atoms with E-state index in [-0.39, 0.29) is 0 Å². The van der Waals surface area contributed by atoms with Gasteiger partial charge in [0.1, 0.15) is 0 Å². The molecule has 0 saturated carbocycles. The highest BCUT2D eigenvalue weighted by Gasteiger charge is 2.14. The van der Waals surface area contributed by atoms with E-state index in [1.807, 2.05) is 11.8 Å². The van der Waals surface area contributed by atoms with Gasteiger partial charge in [0.05, 0.1) is 19.3 Å². The van der Waals surface area contributed by atoms with Gasteiger partial charge < -0.3 is 10.2 Å². The second kappa shape index (κ2) is 4.86. The molecule has 2 rings (SSSR count). The summed E-state index contributed by atoms with van der Waals surface area (Å²) in [6, 6.07) is 0.611. The first kappa shape index (κ1) is 9.34. The SMILES string of the molecule is C1CC(=NNC2CCSC2)CCO1. The fraction of sp³-hybridized carbons (Fsp3) is 0.889. The summed E-state index contributed by atoms with van der Waals surface area (Å²) >= 11 is 2.01. The van der Waals surface area contributed by atoms with Crippen molar-refractivity contribution in [2.24, 2.45) is 5.10 Å². The van der Waals surface area contributed by atoms with Gasteiger partial charge in [0, 0.05) is 24.3 Å². The van der Waals surface area contributed by atoms with Gasteiger partial charge in [-0.15, -0.1) is 0 Å². The summed E-state index contributed by atoms with van der Waals surface area (Å²) in [5.41, 5.74) is 4.54. The van der Waals surface area contributed by atoms with Gasteiger partial charge in [0.15, 0.2) is 0 Å². The smallest absolute Gasteiger partial charge is 0.0538 e. The normalized spacial score (nSPS) is 28.9. The van der Waals surface area contributed by atoms with Crippen LogP contribution in [0.15, 0.2) is 5.10 Å². The van der Waals surface area contributed by atoms with Crippen molar-refractivity contribution in [3.05, 3.63) is 0 Å². The van der Waals surface area contributed by atoms with Gasteiger partial charge in [0.25, 0.3) is 0 Å². The predicted molar refractivity (Wildman–Crippen MR) is 56.4 cm³/mol. The molecular formula is C9H16N2OS. The van der Waals surface area contributed by atoms with Crippen LogP contribution in [0.2, 0.25) is 0 Å². The highest BCUT2D eigenvalue weighted by molar-refractivity contribution is 7.99. The summed E-state index contributed by atoms with van der Waals surface area (Å²) in [6.45, 7) is 1.69. The van der Waals surface area contributed by atoms with E-state index < -0.39 is 0 Å². The maximum atomic E-state index is 5.26. The Morgan fingerprint density at radius 1 is 1.38 bits per heavy atom. The van der Waals surface area contributed by atoms with Crippen LogP contribution >= 0.6 is 11.8 Å². The van der Waals surface area contributed by atoms with Crippen molar-refractivity contribution >= 4 is 17.5 Å². The van der Waals surface area contributed by atoms with Gasteiger partial charge in [-0.25, -0.2) is 0 Å². The molecule has 2 fully saturated rings. The quantitative estimate of drug-likeness (QED) is 0.681. The van der Waals surface area contributed by atoms with Gasteiger partial charge in [-0.1, -0.05) is 0 Å². The van der Waals surface area contributed by atoms with E-state index in [1.165, 1.54) is 23.6 Å². The Hall–Kier alpha value is -0.220. The lowest BCUT2D eigenvalue weighted by molar-refractivity contribution is 0.134. The minimum Gasteiger partial charge on any atom is -0.381 e. The van der Waals surface area contributed by atoms with Gasteiger partial charge >= 0.3 is 0 Å². The van der Waals surface area contributed by atoms with E-state index in [0.717, 1.165) is 26.1 Å². The van der Waals surface area contributed by atoms with Crippen LogP contribution in [0.25, 0.3) is 0 Å². The number of hydrogen-bond donors (Lipinski definition) is 1. The second-order valence-corrected chi connectivity index (χ2v) is 4.63. The Balaban J connectivity index is 1.74. The number of hydrazone groups is 1. The molecule has 0 bridgehead atoms. The molecule has 0 radical (unpaired) electrons. The molecule has 0 aromatic heterocycles. The number of thioether (sulfide) groups is 1. The summed E-state index contributed by atoms with van der Waals surface area (Å²) in [4.78, 5) is 0. The summed E-state index contributed by atoms with van der Waals surface area (Å²) in [5, 5.41) is 4.44. The maximum absolute atomic E-state index is 5.26. The number of rotatable bonds is 2. The molecule has 0 aromatic rings. The molecule has 13 heavy (non-hydrogen) atoms. The summed E-state index contributed by atoms with van der Waals surface area (Å²) in [6.07, 6.45) is 3.28. The lowest BCUT2D eigenvalue weighted by atomic mass is 10.2. The molecule has 2 saturated heterocycles. The Labute approximate surface area is 83.3 Å². The van der Waals surface area contributed by atoms with Gasteiger partial charge in [-0.05, 0) is 12.2 Å². The van der Waals surface area contributed by atoms with Crippen LogP contribution < -0.4 is 5.43 Å². The van der Waals surface area contributed by atoms with Crippen molar-refractivity contribution in [3.63, 3.8) is 0 Å². The van der Waals surface area contributed by atoms with E-state index in [9.17, 15) is 0 Å². The van der Waals surface area contributed by atoms with Gasteiger partial charge in [0.2, 0.25) is 0 Å². The number of nitrogens with one attached hydrogen (secondary N) is 1. The molecular weight excluding hydrogens is 184 g/mol. The molecule has 0 amide bonds. The van der Waals surface area contributed by atoms with E-state index >= 15 is 0 Å². The largest absolute Gasteiger partial charge is 0.381 e. The van der Waals surface area contributed by atoms with Crippen LogP contribution in [0.4, 0.5) is 0 Å². The molecule has 0 aliphatic carbocycles. The van der Waals surface area contributed by atoms with Crippen molar-refractivity contribution in [1.29, 1.82) is 0 Å². The third-order valence-electron chi connectivity index (χ3n) is 2.40. The Morgan fingerprint density at radius 3 is 2.92 bits per heavy atom. The fourth-order valence-corrected chi connectivity index (χ4v) is 2.68. The minimum absolute atomic E-state index is 0.611. The van der Waals surface area contributed by atoms with Crippen molar-refractivity contribution in [1.82, 2.24) is 5.43 Å². The van der Waals surface area contributed by atoms with Crippen LogP contribution in [-0.4, -0.2) is 36.5 Å².